The SMILES string of the molecule is CNC(=O)N[C@H]1CC[C@H]2[C@@H]3CC[C@H]4N(C)C(=O)C=C[C@]4(C)[C@H]3CC[C@]12C. The van der Waals surface area contributed by atoms with Crippen LogP contribution in [0.3, 0.4) is 0 Å². The van der Waals surface area contributed by atoms with Gasteiger partial charge in [0.25, 0.3) is 0 Å². The average Bonchev–Trinajstić information content (AvgIpc) is 2.95. The zero-order valence-corrected chi connectivity index (χ0v) is 16.5. The summed E-state index contributed by atoms with van der Waals surface area (Å²) in [5.41, 5.74) is 0.302. The Balaban J connectivity index is 1.60. The van der Waals surface area contributed by atoms with E-state index in [0.29, 0.717) is 23.8 Å². The lowest BCUT2D eigenvalue weighted by molar-refractivity contribution is -0.138. The number of carbonyl (C=O) groups excluding carboxylic acids is 2. The molecule has 3 saturated carbocycles. The summed E-state index contributed by atoms with van der Waals surface area (Å²) in [6.07, 6.45) is 11.0. The molecule has 1 heterocycles. The molecule has 7 atom stereocenters. The Labute approximate surface area is 157 Å². The molecule has 1 aliphatic heterocycles. The van der Waals surface area contributed by atoms with E-state index >= 15 is 0 Å². The van der Waals surface area contributed by atoms with Crippen LogP contribution in [0.25, 0.3) is 0 Å². The topological polar surface area (TPSA) is 61.4 Å². The Bertz CT molecular complexity index is 647. The molecule has 0 radical (unpaired) electrons. The Kier molecular flexibility index (Phi) is 4.12. The monoisotopic (exact) mass is 359 g/mol. The second kappa shape index (κ2) is 6.00. The molecule has 0 bridgehead atoms. The third-order valence-electron chi connectivity index (χ3n) is 8.66. The summed E-state index contributed by atoms with van der Waals surface area (Å²) in [7, 11) is 3.66. The second-order valence-corrected chi connectivity index (χ2v) is 9.52. The number of hydrogen-bond donors (Lipinski definition) is 2. The minimum atomic E-state index is -0.0509. The first-order valence-electron chi connectivity index (χ1n) is 10.3. The van der Waals surface area contributed by atoms with Gasteiger partial charge in [-0.25, -0.2) is 4.79 Å². The summed E-state index contributed by atoms with van der Waals surface area (Å²) in [5.74, 6) is 2.18. The first kappa shape index (κ1) is 17.9. The molecule has 144 valence electrons. The van der Waals surface area contributed by atoms with Crippen LogP contribution in [0.5, 0.6) is 0 Å². The highest BCUT2D eigenvalue weighted by molar-refractivity contribution is 5.89. The molecule has 3 amide bonds. The van der Waals surface area contributed by atoms with Crippen molar-refractivity contribution in [3.05, 3.63) is 12.2 Å². The number of urea groups is 1. The number of fused-ring (bicyclic) bond motifs is 5. The lowest BCUT2D eigenvalue weighted by atomic mass is 9.48. The van der Waals surface area contributed by atoms with E-state index in [2.05, 4.69) is 30.6 Å². The summed E-state index contributed by atoms with van der Waals surface area (Å²) in [6.45, 7) is 4.79. The third kappa shape index (κ3) is 2.35. The van der Waals surface area contributed by atoms with Crippen molar-refractivity contribution in [1.82, 2.24) is 15.5 Å². The van der Waals surface area contributed by atoms with Gasteiger partial charge >= 0.3 is 6.03 Å². The number of hydrogen-bond acceptors (Lipinski definition) is 2. The summed E-state index contributed by atoms with van der Waals surface area (Å²) in [6, 6.07) is 0.571. The Hall–Kier alpha value is -1.52. The Morgan fingerprint density at radius 3 is 2.65 bits per heavy atom. The standard InChI is InChI=1S/C21H33N3O2/c1-20-11-9-15-13(14(20)6-7-16(20)23-19(26)22-3)5-8-17-21(15,2)12-10-18(25)24(17)4/h10,12-17H,5-9,11H2,1-4H3,(H2,22,23,26)/t13-,14-,15-,16-,17+,20-,21+/m0/s1. The molecule has 3 fully saturated rings. The summed E-state index contributed by atoms with van der Waals surface area (Å²) >= 11 is 0. The maximum atomic E-state index is 12.2. The van der Waals surface area contributed by atoms with E-state index in [1.807, 2.05) is 11.9 Å². The van der Waals surface area contributed by atoms with Crippen molar-refractivity contribution >= 4 is 11.9 Å². The molecule has 4 rings (SSSR count). The van der Waals surface area contributed by atoms with Gasteiger partial charge in [0.1, 0.15) is 0 Å². The molecule has 2 N–H and O–H groups in total. The highest BCUT2D eigenvalue weighted by atomic mass is 16.2. The molecule has 0 aromatic heterocycles. The van der Waals surface area contributed by atoms with Gasteiger partial charge in [-0.2, -0.15) is 0 Å². The number of rotatable bonds is 1. The van der Waals surface area contributed by atoms with Gasteiger partial charge in [0.2, 0.25) is 5.91 Å². The van der Waals surface area contributed by atoms with E-state index in [-0.39, 0.29) is 28.8 Å². The zero-order valence-electron chi connectivity index (χ0n) is 16.5. The highest BCUT2D eigenvalue weighted by Gasteiger charge is 2.60. The van der Waals surface area contributed by atoms with Crippen LogP contribution in [0, 0.1) is 28.6 Å². The predicted molar refractivity (Wildman–Crippen MR) is 101 cm³/mol. The molecule has 0 spiro atoms. The quantitative estimate of drug-likeness (QED) is 0.756. The average molecular weight is 360 g/mol. The molecular weight excluding hydrogens is 326 g/mol. The van der Waals surface area contributed by atoms with Gasteiger partial charge in [0, 0.05) is 31.6 Å². The van der Waals surface area contributed by atoms with E-state index in [9.17, 15) is 9.59 Å². The molecule has 5 nitrogen and oxygen atoms in total. The molecule has 5 heteroatoms. The van der Waals surface area contributed by atoms with Gasteiger partial charge < -0.3 is 15.5 Å². The Morgan fingerprint density at radius 1 is 1.15 bits per heavy atom. The van der Waals surface area contributed by atoms with Crippen molar-refractivity contribution in [2.24, 2.45) is 28.6 Å². The van der Waals surface area contributed by atoms with E-state index in [1.165, 1.54) is 25.7 Å². The van der Waals surface area contributed by atoms with Gasteiger partial charge in [0.15, 0.2) is 0 Å². The minimum absolute atomic E-state index is 0.0509. The summed E-state index contributed by atoms with van der Waals surface area (Å²) < 4.78 is 0. The number of nitrogens with zero attached hydrogens (tertiary/aromatic N) is 1. The molecular formula is C21H33N3O2. The van der Waals surface area contributed by atoms with Crippen molar-refractivity contribution in [2.45, 2.75) is 64.5 Å². The van der Waals surface area contributed by atoms with Crippen LogP contribution < -0.4 is 10.6 Å². The maximum absolute atomic E-state index is 12.2. The molecule has 0 aromatic rings. The van der Waals surface area contributed by atoms with E-state index in [0.717, 1.165) is 12.8 Å². The second-order valence-electron chi connectivity index (χ2n) is 9.52. The van der Waals surface area contributed by atoms with E-state index in [4.69, 9.17) is 0 Å². The molecule has 0 saturated heterocycles. The zero-order chi connectivity index (χ0) is 18.7. The number of nitrogens with one attached hydrogen (secondary N) is 2. The van der Waals surface area contributed by atoms with Gasteiger partial charge in [-0.3, -0.25) is 4.79 Å². The van der Waals surface area contributed by atoms with E-state index in [1.54, 1.807) is 13.1 Å². The van der Waals surface area contributed by atoms with Gasteiger partial charge in [0.05, 0.1) is 0 Å². The molecule has 0 aromatic carbocycles. The molecule has 0 unspecified atom stereocenters. The molecule has 4 aliphatic rings. The summed E-state index contributed by atoms with van der Waals surface area (Å²) in [4.78, 5) is 26.0. The molecule has 26 heavy (non-hydrogen) atoms. The third-order valence-corrected chi connectivity index (χ3v) is 8.66. The van der Waals surface area contributed by atoms with Crippen LogP contribution in [-0.4, -0.2) is 43.0 Å². The van der Waals surface area contributed by atoms with Crippen molar-refractivity contribution in [1.29, 1.82) is 0 Å². The van der Waals surface area contributed by atoms with Crippen LogP contribution in [0.1, 0.15) is 52.4 Å². The molecule has 3 aliphatic carbocycles. The van der Waals surface area contributed by atoms with Gasteiger partial charge in [-0.05, 0) is 67.8 Å². The van der Waals surface area contributed by atoms with Crippen molar-refractivity contribution in [2.75, 3.05) is 14.1 Å². The van der Waals surface area contributed by atoms with E-state index < -0.39 is 0 Å². The lowest BCUT2D eigenvalue weighted by Gasteiger charge is -2.60. The first-order valence-corrected chi connectivity index (χ1v) is 10.3. The van der Waals surface area contributed by atoms with Crippen molar-refractivity contribution < 1.29 is 9.59 Å². The van der Waals surface area contributed by atoms with Gasteiger partial charge in [-0.1, -0.05) is 19.9 Å². The van der Waals surface area contributed by atoms with Crippen LogP contribution in [0.4, 0.5) is 4.79 Å². The van der Waals surface area contributed by atoms with Crippen molar-refractivity contribution in [3.8, 4) is 0 Å². The normalized spacial score (nSPS) is 47.0. The number of amides is 3. The largest absolute Gasteiger partial charge is 0.341 e. The number of likely N-dealkylation sites (N-methyl/N-ethyl adjacent to an activating group) is 1. The van der Waals surface area contributed by atoms with Crippen molar-refractivity contribution in [3.63, 3.8) is 0 Å². The predicted octanol–water partition coefficient (Wildman–Crippen LogP) is 2.92. The van der Waals surface area contributed by atoms with Crippen LogP contribution in [0.15, 0.2) is 12.2 Å². The van der Waals surface area contributed by atoms with Gasteiger partial charge in [-0.15, -0.1) is 0 Å². The smallest absolute Gasteiger partial charge is 0.314 e. The van der Waals surface area contributed by atoms with Crippen LogP contribution in [0.2, 0.25) is 0 Å². The maximum Gasteiger partial charge on any atom is 0.314 e. The fourth-order valence-electron chi connectivity index (χ4n) is 7.21. The Morgan fingerprint density at radius 2 is 1.92 bits per heavy atom. The fraction of sp³-hybridized carbons (Fsp3) is 0.810. The van der Waals surface area contributed by atoms with Crippen LogP contribution >= 0.6 is 0 Å². The first-order chi connectivity index (χ1) is 12.3. The van der Waals surface area contributed by atoms with Crippen LogP contribution in [-0.2, 0) is 4.79 Å². The lowest BCUT2D eigenvalue weighted by Crippen LogP contribution is -2.60. The minimum Gasteiger partial charge on any atom is -0.341 e. The summed E-state index contributed by atoms with van der Waals surface area (Å²) in [5, 5.41) is 5.94. The fourth-order valence-corrected chi connectivity index (χ4v) is 7.21. The number of carbonyl (C=O) groups is 2. The highest BCUT2D eigenvalue weighted by Crippen LogP contribution is 2.63.